The number of nitrogens with two attached hydrogens (primary N) is 1. The van der Waals surface area contributed by atoms with Crippen LogP contribution in [0.3, 0.4) is 0 Å². The van der Waals surface area contributed by atoms with Crippen molar-refractivity contribution in [1.29, 1.82) is 0 Å². The van der Waals surface area contributed by atoms with E-state index in [9.17, 15) is 0 Å². The molecule has 0 amide bonds. The van der Waals surface area contributed by atoms with Gasteiger partial charge in [-0.2, -0.15) is 0 Å². The van der Waals surface area contributed by atoms with Gasteiger partial charge in [-0.25, -0.2) is 0 Å². The van der Waals surface area contributed by atoms with E-state index in [-0.39, 0.29) is 6.04 Å². The minimum absolute atomic E-state index is 0.219. The van der Waals surface area contributed by atoms with Crippen LogP contribution in [0.2, 0.25) is 0 Å². The Morgan fingerprint density at radius 2 is 2.22 bits per heavy atom. The average Bonchev–Trinajstić information content (AvgIpc) is 1.89. The van der Waals surface area contributed by atoms with Crippen molar-refractivity contribution in [3.05, 3.63) is 12.7 Å². The van der Waals surface area contributed by atoms with Crippen LogP contribution in [0.4, 0.5) is 0 Å². The van der Waals surface area contributed by atoms with Gasteiger partial charge in [-0.3, -0.25) is 0 Å². The molecule has 0 saturated heterocycles. The molecule has 1 nitrogen and oxygen atoms in total. The molecule has 1 atom stereocenters. The van der Waals surface area contributed by atoms with E-state index in [4.69, 9.17) is 5.73 Å². The third kappa shape index (κ3) is 5.57. The van der Waals surface area contributed by atoms with Gasteiger partial charge in [0.25, 0.3) is 0 Å². The fourth-order valence-electron chi connectivity index (χ4n) is 0.748. The van der Waals surface area contributed by atoms with Gasteiger partial charge in [0, 0.05) is 6.04 Å². The van der Waals surface area contributed by atoms with Crippen molar-refractivity contribution in [3.63, 3.8) is 0 Å². The lowest BCUT2D eigenvalue weighted by Gasteiger charge is -2.02. The maximum absolute atomic E-state index is 5.60. The van der Waals surface area contributed by atoms with E-state index in [0.29, 0.717) is 0 Å². The van der Waals surface area contributed by atoms with Crippen molar-refractivity contribution >= 4 is 0 Å². The molecule has 9 heavy (non-hydrogen) atoms. The van der Waals surface area contributed by atoms with Gasteiger partial charge in [-0.1, -0.05) is 32.3 Å². The van der Waals surface area contributed by atoms with E-state index in [1.165, 1.54) is 19.3 Å². The standard InChI is InChI=1S/C8H17N/c1-3-5-6-7-8(9)4-2/h4,8H,2-3,5-7,9H2,1H3/t8-/m0/s1. The molecular weight excluding hydrogens is 110 g/mol. The Morgan fingerprint density at radius 3 is 2.67 bits per heavy atom. The molecule has 0 saturated carbocycles. The maximum Gasteiger partial charge on any atom is 0.0221 e. The fraction of sp³-hybridized carbons (Fsp3) is 0.750. The van der Waals surface area contributed by atoms with Crippen molar-refractivity contribution < 1.29 is 0 Å². The maximum atomic E-state index is 5.60. The molecule has 0 heterocycles. The second-order valence-electron chi connectivity index (χ2n) is 2.40. The number of rotatable bonds is 5. The summed E-state index contributed by atoms with van der Waals surface area (Å²) >= 11 is 0. The normalized spacial score (nSPS) is 13.1. The molecule has 0 radical (unpaired) electrons. The zero-order valence-electron chi connectivity index (χ0n) is 6.27. The Morgan fingerprint density at radius 1 is 1.56 bits per heavy atom. The molecule has 0 aromatic carbocycles. The summed E-state index contributed by atoms with van der Waals surface area (Å²) in [5.41, 5.74) is 5.60. The predicted octanol–water partition coefficient (Wildman–Crippen LogP) is 2.08. The summed E-state index contributed by atoms with van der Waals surface area (Å²) in [6.07, 6.45) is 6.71. The first-order valence-corrected chi connectivity index (χ1v) is 3.69. The summed E-state index contributed by atoms with van der Waals surface area (Å²) in [4.78, 5) is 0. The molecule has 0 aliphatic carbocycles. The highest BCUT2D eigenvalue weighted by molar-refractivity contribution is 4.81. The SMILES string of the molecule is C=C[C@H](N)CCCCC. The van der Waals surface area contributed by atoms with Crippen molar-refractivity contribution in [1.82, 2.24) is 0 Å². The van der Waals surface area contributed by atoms with E-state index >= 15 is 0 Å². The molecule has 0 aromatic rings. The van der Waals surface area contributed by atoms with Crippen LogP contribution in [0.15, 0.2) is 12.7 Å². The van der Waals surface area contributed by atoms with Gasteiger partial charge in [0.2, 0.25) is 0 Å². The van der Waals surface area contributed by atoms with Gasteiger partial charge in [0.15, 0.2) is 0 Å². The first-order chi connectivity index (χ1) is 4.31. The molecule has 0 rings (SSSR count). The summed E-state index contributed by atoms with van der Waals surface area (Å²) in [6.45, 7) is 5.81. The highest BCUT2D eigenvalue weighted by atomic mass is 14.6. The molecule has 0 aliphatic rings. The topological polar surface area (TPSA) is 26.0 Å². The summed E-state index contributed by atoms with van der Waals surface area (Å²) in [7, 11) is 0. The van der Waals surface area contributed by atoms with Crippen LogP contribution in [-0.2, 0) is 0 Å². The highest BCUT2D eigenvalue weighted by Gasteiger charge is 1.93. The third-order valence-corrected chi connectivity index (χ3v) is 1.44. The third-order valence-electron chi connectivity index (χ3n) is 1.44. The summed E-state index contributed by atoms with van der Waals surface area (Å²) in [5, 5.41) is 0. The van der Waals surface area contributed by atoms with E-state index in [2.05, 4.69) is 13.5 Å². The Labute approximate surface area is 57.9 Å². The zero-order chi connectivity index (χ0) is 7.11. The molecule has 0 aromatic heterocycles. The van der Waals surface area contributed by atoms with E-state index in [1.807, 2.05) is 6.08 Å². The van der Waals surface area contributed by atoms with Gasteiger partial charge in [0.05, 0.1) is 0 Å². The summed E-state index contributed by atoms with van der Waals surface area (Å²) in [5.74, 6) is 0. The number of unbranched alkanes of at least 4 members (excludes halogenated alkanes) is 2. The number of hydrogen-bond donors (Lipinski definition) is 1. The van der Waals surface area contributed by atoms with Gasteiger partial charge in [0.1, 0.15) is 0 Å². The molecule has 54 valence electrons. The Balaban J connectivity index is 2.96. The number of hydrogen-bond acceptors (Lipinski definition) is 1. The van der Waals surface area contributed by atoms with Gasteiger partial charge in [-0.05, 0) is 6.42 Å². The monoisotopic (exact) mass is 127 g/mol. The first-order valence-electron chi connectivity index (χ1n) is 3.69. The van der Waals surface area contributed by atoms with Crippen LogP contribution in [0.5, 0.6) is 0 Å². The van der Waals surface area contributed by atoms with Crippen molar-refractivity contribution in [3.8, 4) is 0 Å². The molecule has 2 N–H and O–H groups in total. The highest BCUT2D eigenvalue weighted by Crippen LogP contribution is 2.01. The molecule has 0 bridgehead atoms. The Kier molecular flexibility index (Phi) is 5.64. The van der Waals surface area contributed by atoms with Crippen LogP contribution >= 0.6 is 0 Å². The van der Waals surface area contributed by atoms with E-state index < -0.39 is 0 Å². The zero-order valence-corrected chi connectivity index (χ0v) is 6.27. The lowest BCUT2D eigenvalue weighted by molar-refractivity contribution is 0.623. The smallest absolute Gasteiger partial charge is 0.0221 e. The molecule has 0 unspecified atom stereocenters. The summed E-state index contributed by atoms with van der Waals surface area (Å²) in [6, 6.07) is 0.219. The van der Waals surface area contributed by atoms with Crippen LogP contribution in [0, 0.1) is 0 Å². The van der Waals surface area contributed by atoms with Crippen LogP contribution in [-0.4, -0.2) is 6.04 Å². The molecule has 1 heteroatoms. The van der Waals surface area contributed by atoms with Gasteiger partial charge in [-0.15, -0.1) is 6.58 Å². The average molecular weight is 127 g/mol. The minimum atomic E-state index is 0.219. The first kappa shape index (κ1) is 8.70. The van der Waals surface area contributed by atoms with Crippen LogP contribution < -0.4 is 5.73 Å². The van der Waals surface area contributed by atoms with Gasteiger partial charge >= 0.3 is 0 Å². The largest absolute Gasteiger partial charge is 0.324 e. The van der Waals surface area contributed by atoms with E-state index in [1.54, 1.807) is 0 Å². The Bertz CT molecular complexity index is 69.0. The predicted molar refractivity (Wildman–Crippen MR) is 42.3 cm³/mol. The van der Waals surface area contributed by atoms with Crippen LogP contribution in [0.1, 0.15) is 32.6 Å². The lowest BCUT2D eigenvalue weighted by Crippen LogP contribution is -2.15. The van der Waals surface area contributed by atoms with Crippen molar-refractivity contribution in [2.24, 2.45) is 5.73 Å². The second-order valence-corrected chi connectivity index (χ2v) is 2.40. The molecule has 0 aliphatic heterocycles. The molecule has 0 spiro atoms. The van der Waals surface area contributed by atoms with E-state index in [0.717, 1.165) is 6.42 Å². The van der Waals surface area contributed by atoms with Crippen molar-refractivity contribution in [2.75, 3.05) is 0 Å². The lowest BCUT2D eigenvalue weighted by atomic mass is 10.1. The fourth-order valence-corrected chi connectivity index (χ4v) is 0.748. The van der Waals surface area contributed by atoms with Crippen LogP contribution in [0.25, 0.3) is 0 Å². The molecule has 0 fully saturated rings. The molecular formula is C8H17N. The quantitative estimate of drug-likeness (QED) is 0.444. The minimum Gasteiger partial charge on any atom is -0.324 e. The Hall–Kier alpha value is -0.300. The van der Waals surface area contributed by atoms with Crippen molar-refractivity contribution in [2.45, 2.75) is 38.6 Å². The summed E-state index contributed by atoms with van der Waals surface area (Å²) < 4.78 is 0. The van der Waals surface area contributed by atoms with Gasteiger partial charge < -0.3 is 5.73 Å². The second kappa shape index (κ2) is 5.83.